The second-order valence-electron chi connectivity index (χ2n) is 6.08. The summed E-state index contributed by atoms with van der Waals surface area (Å²) in [6.07, 6.45) is 6.85. The summed E-state index contributed by atoms with van der Waals surface area (Å²) in [5.41, 5.74) is 1.29. The molecule has 2 N–H and O–H groups in total. The lowest BCUT2D eigenvalue weighted by molar-refractivity contribution is 0.594. The van der Waals surface area contributed by atoms with Gasteiger partial charge in [-0.3, -0.25) is 4.99 Å². The molecule has 1 aliphatic rings. The van der Waals surface area contributed by atoms with E-state index in [2.05, 4.69) is 47.2 Å². The minimum absolute atomic E-state index is 0.806. The summed E-state index contributed by atoms with van der Waals surface area (Å²) in [6.45, 7) is 2.77. The van der Waals surface area contributed by atoms with Gasteiger partial charge in [-0.2, -0.15) is 11.3 Å². The molecule has 0 fully saturated rings. The van der Waals surface area contributed by atoms with E-state index < -0.39 is 0 Å². The summed E-state index contributed by atoms with van der Waals surface area (Å²) >= 11 is 1.72. The number of guanidine groups is 1. The fraction of sp³-hybridized carbons (Fsp3) is 0.588. The van der Waals surface area contributed by atoms with Gasteiger partial charge in [-0.1, -0.05) is 6.42 Å². The summed E-state index contributed by atoms with van der Waals surface area (Å²) in [6, 6.07) is 2.13. The smallest absolute Gasteiger partial charge is 0.191 e. The summed E-state index contributed by atoms with van der Waals surface area (Å²) in [7, 11) is 1.81. The molecular formula is C17H26N6S. The highest BCUT2D eigenvalue weighted by molar-refractivity contribution is 7.07. The van der Waals surface area contributed by atoms with E-state index in [-0.39, 0.29) is 0 Å². The molecular weight excluding hydrogens is 320 g/mol. The van der Waals surface area contributed by atoms with Crippen LogP contribution in [0.15, 0.2) is 21.8 Å². The molecule has 3 rings (SSSR count). The van der Waals surface area contributed by atoms with Gasteiger partial charge in [0.1, 0.15) is 11.6 Å². The van der Waals surface area contributed by atoms with Crippen molar-refractivity contribution in [3.63, 3.8) is 0 Å². The Balaban J connectivity index is 1.40. The van der Waals surface area contributed by atoms with Crippen LogP contribution in [0.1, 0.15) is 42.9 Å². The van der Waals surface area contributed by atoms with Gasteiger partial charge >= 0.3 is 0 Å². The van der Waals surface area contributed by atoms with E-state index in [0.717, 1.165) is 50.7 Å². The van der Waals surface area contributed by atoms with Gasteiger partial charge in [0.25, 0.3) is 0 Å². The third kappa shape index (κ3) is 4.56. The molecule has 0 aromatic carbocycles. The van der Waals surface area contributed by atoms with Gasteiger partial charge in [0.2, 0.25) is 0 Å². The van der Waals surface area contributed by atoms with Crippen molar-refractivity contribution in [2.75, 3.05) is 13.6 Å². The van der Waals surface area contributed by atoms with Gasteiger partial charge in [0.15, 0.2) is 5.96 Å². The summed E-state index contributed by atoms with van der Waals surface area (Å²) in [4.78, 5) is 4.27. The van der Waals surface area contributed by atoms with E-state index in [1.165, 1.54) is 30.7 Å². The number of aryl methyl sites for hydroxylation is 2. The zero-order chi connectivity index (χ0) is 16.6. The van der Waals surface area contributed by atoms with Gasteiger partial charge in [0.05, 0.1) is 0 Å². The lowest BCUT2D eigenvalue weighted by atomic mass is 10.2. The number of fused-ring (bicyclic) bond motifs is 1. The van der Waals surface area contributed by atoms with Crippen molar-refractivity contribution in [1.82, 2.24) is 25.4 Å². The van der Waals surface area contributed by atoms with Crippen molar-refractivity contribution in [3.8, 4) is 0 Å². The standard InChI is InChI=1S/C17H26N6S/c1-18-17(20-12-14-8-11-24-13-14)19-9-5-7-16-22-21-15-6-3-2-4-10-23(15)16/h8,11,13H,2-7,9-10,12H2,1H3,(H2,18,19,20). The number of nitrogens with zero attached hydrogens (tertiary/aromatic N) is 4. The highest BCUT2D eigenvalue weighted by Crippen LogP contribution is 2.15. The zero-order valence-corrected chi connectivity index (χ0v) is 15.1. The van der Waals surface area contributed by atoms with Crippen LogP contribution in [-0.4, -0.2) is 34.3 Å². The number of hydrogen-bond acceptors (Lipinski definition) is 4. The van der Waals surface area contributed by atoms with E-state index in [9.17, 15) is 0 Å². The summed E-state index contributed by atoms with van der Waals surface area (Å²) in [5.74, 6) is 3.15. The maximum absolute atomic E-state index is 4.39. The van der Waals surface area contributed by atoms with Gasteiger partial charge < -0.3 is 15.2 Å². The van der Waals surface area contributed by atoms with Crippen LogP contribution >= 0.6 is 11.3 Å². The van der Waals surface area contributed by atoms with Crippen LogP contribution in [0.2, 0.25) is 0 Å². The fourth-order valence-electron chi connectivity index (χ4n) is 2.98. The van der Waals surface area contributed by atoms with Crippen molar-refractivity contribution in [2.24, 2.45) is 4.99 Å². The van der Waals surface area contributed by atoms with Gasteiger partial charge in [-0.05, 0) is 41.7 Å². The van der Waals surface area contributed by atoms with Crippen molar-refractivity contribution in [3.05, 3.63) is 34.0 Å². The van der Waals surface area contributed by atoms with E-state index in [0.29, 0.717) is 0 Å². The Kier molecular flexibility index (Phi) is 6.23. The highest BCUT2D eigenvalue weighted by atomic mass is 32.1. The molecule has 0 unspecified atom stereocenters. The second-order valence-corrected chi connectivity index (χ2v) is 6.86. The first-order chi connectivity index (χ1) is 11.9. The Labute approximate surface area is 147 Å². The van der Waals surface area contributed by atoms with Gasteiger partial charge in [0, 0.05) is 39.5 Å². The van der Waals surface area contributed by atoms with Crippen molar-refractivity contribution < 1.29 is 0 Å². The predicted octanol–water partition coefficient (Wildman–Crippen LogP) is 2.36. The van der Waals surface area contributed by atoms with Crippen LogP contribution in [0.25, 0.3) is 0 Å². The van der Waals surface area contributed by atoms with Crippen LogP contribution in [0.5, 0.6) is 0 Å². The Hall–Kier alpha value is -1.89. The third-order valence-electron chi connectivity index (χ3n) is 4.32. The van der Waals surface area contributed by atoms with Crippen LogP contribution in [0, 0.1) is 0 Å². The Bertz CT molecular complexity index is 646. The SMILES string of the molecule is CN=C(NCCCc1nnc2n1CCCCC2)NCc1ccsc1. The van der Waals surface area contributed by atoms with Crippen molar-refractivity contribution >= 4 is 17.3 Å². The molecule has 24 heavy (non-hydrogen) atoms. The van der Waals surface area contributed by atoms with Crippen LogP contribution in [0.4, 0.5) is 0 Å². The number of nitrogens with one attached hydrogen (secondary N) is 2. The number of thiophene rings is 1. The third-order valence-corrected chi connectivity index (χ3v) is 5.05. The lowest BCUT2D eigenvalue weighted by Gasteiger charge is -2.11. The van der Waals surface area contributed by atoms with E-state index in [1.54, 1.807) is 18.4 Å². The Morgan fingerprint density at radius 2 is 2.25 bits per heavy atom. The molecule has 0 amide bonds. The van der Waals surface area contributed by atoms with E-state index in [4.69, 9.17) is 0 Å². The molecule has 6 nitrogen and oxygen atoms in total. The van der Waals surface area contributed by atoms with E-state index in [1.807, 2.05) is 0 Å². The predicted molar refractivity (Wildman–Crippen MR) is 98.4 cm³/mol. The Morgan fingerprint density at radius 1 is 1.29 bits per heavy atom. The molecule has 0 saturated heterocycles. The molecule has 0 radical (unpaired) electrons. The number of aliphatic imine (C=N–C) groups is 1. The molecule has 0 atom stereocenters. The number of rotatable bonds is 6. The lowest BCUT2D eigenvalue weighted by Crippen LogP contribution is -2.37. The van der Waals surface area contributed by atoms with Gasteiger partial charge in [-0.15, -0.1) is 10.2 Å². The van der Waals surface area contributed by atoms with Crippen LogP contribution in [0.3, 0.4) is 0 Å². The monoisotopic (exact) mass is 346 g/mol. The average molecular weight is 347 g/mol. The molecule has 0 spiro atoms. The summed E-state index contributed by atoms with van der Waals surface area (Å²) < 4.78 is 2.33. The molecule has 0 bridgehead atoms. The molecule has 130 valence electrons. The second kappa shape index (κ2) is 8.82. The molecule has 2 aromatic heterocycles. The molecule has 3 heterocycles. The normalized spacial score (nSPS) is 15.0. The molecule has 2 aromatic rings. The molecule has 0 saturated carbocycles. The largest absolute Gasteiger partial charge is 0.356 e. The first-order valence-electron chi connectivity index (χ1n) is 8.73. The van der Waals surface area contributed by atoms with Gasteiger partial charge in [-0.25, -0.2) is 0 Å². The number of hydrogen-bond donors (Lipinski definition) is 2. The minimum atomic E-state index is 0.806. The number of aromatic nitrogens is 3. The molecule has 1 aliphatic heterocycles. The van der Waals surface area contributed by atoms with Crippen LogP contribution < -0.4 is 10.6 Å². The average Bonchev–Trinajstić information content (AvgIpc) is 3.19. The van der Waals surface area contributed by atoms with Crippen molar-refractivity contribution in [1.29, 1.82) is 0 Å². The summed E-state index contributed by atoms with van der Waals surface area (Å²) in [5, 5.41) is 19.7. The maximum Gasteiger partial charge on any atom is 0.191 e. The molecule has 0 aliphatic carbocycles. The topological polar surface area (TPSA) is 67.1 Å². The Morgan fingerprint density at radius 3 is 3.08 bits per heavy atom. The zero-order valence-electron chi connectivity index (χ0n) is 14.3. The van der Waals surface area contributed by atoms with Crippen LogP contribution in [-0.2, 0) is 25.9 Å². The van der Waals surface area contributed by atoms with E-state index >= 15 is 0 Å². The maximum atomic E-state index is 4.39. The first kappa shape index (κ1) is 17.0. The fourth-order valence-corrected chi connectivity index (χ4v) is 3.65. The highest BCUT2D eigenvalue weighted by Gasteiger charge is 2.14. The molecule has 7 heteroatoms. The quantitative estimate of drug-likeness (QED) is 0.479. The van der Waals surface area contributed by atoms with Crippen molar-refractivity contribution in [2.45, 2.75) is 51.6 Å². The minimum Gasteiger partial charge on any atom is -0.356 e. The first-order valence-corrected chi connectivity index (χ1v) is 9.67.